The molecule has 1 aliphatic heterocycles. The van der Waals surface area contributed by atoms with Crippen LogP contribution in [0.25, 0.3) is 0 Å². The molecule has 2 rings (SSSR count). The van der Waals surface area contributed by atoms with E-state index in [1.54, 1.807) is 4.90 Å². The fourth-order valence-electron chi connectivity index (χ4n) is 2.85. The molecule has 1 aliphatic rings. The van der Waals surface area contributed by atoms with Crippen molar-refractivity contribution >= 4 is 5.91 Å². The number of carbonyl (C=O) groups excluding carboxylic acids is 1. The molecule has 5 nitrogen and oxygen atoms in total. The third kappa shape index (κ3) is 5.52. The minimum atomic E-state index is 0.155. The number of aryl methyl sites for hydroxylation is 2. The number of rotatable bonds is 6. The Morgan fingerprint density at radius 1 is 1.35 bits per heavy atom. The van der Waals surface area contributed by atoms with Crippen LogP contribution in [0.2, 0.25) is 0 Å². The smallest absolute Gasteiger partial charge is 0.236 e. The molecule has 1 amide bonds. The van der Waals surface area contributed by atoms with E-state index in [0.29, 0.717) is 25.7 Å². The molecule has 0 unspecified atom stereocenters. The van der Waals surface area contributed by atoms with Crippen LogP contribution in [0.4, 0.5) is 0 Å². The van der Waals surface area contributed by atoms with Crippen molar-refractivity contribution in [1.82, 2.24) is 15.1 Å². The van der Waals surface area contributed by atoms with Gasteiger partial charge in [0.05, 0.1) is 13.1 Å². The van der Waals surface area contributed by atoms with E-state index in [4.69, 9.17) is 4.74 Å². The van der Waals surface area contributed by atoms with Crippen molar-refractivity contribution in [2.24, 2.45) is 0 Å². The summed E-state index contributed by atoms with van der Waals surface area (Å²) in [7, 11) is 1.85. The summed E-state index contributed by atoms with van der Waals surface area (Å²) < 4.78 is 5.78. The van der Waals surface area contributed by atoms with Gasteiger partial charge in [-0.05, 0) is 44.0 Å². The Balaban J connectivity index is 1.75. The molecule has 1 aromatic carbocycles. The average Bonchev–Trinajstić information content (AvgIpc) is 2.48. The summed E-state index contributed by atoms with van der Waals surface area (Å²) in [6.07, 6.45) is 0. The summed E-state index contributed by atoms with van der Waals surface area (Å²) in [5.74, 6) is 1.03. The molecule has 128 valence electrons. The number of piperazine rings is 1. The number of benzene rings is 1. The minimum Gasteiger partial charge on any atom is -0.492 e. The number of likely N-dealkylation sites (N-methyl/N-ethyl adjacent to an activating group) is 1. The van der Waals surface area contributed by atoms with Crippen LogP contribution >= 0.6 is 0 Å². The second kappa shape index (κ2) is 8.31. The van der Waals surface area contributed by atoms with Gasteiger partial charge in [-0.2, -0.15) is 0 Å². The van der Waals surface area contributed by atoms with Crippen molar-refractivity contribution in [2.75, 3.05) is 46.4 Å². The normalized spacial score (nSPS) is 18.7. The van der Waals surface area contributed by atoms with E-state index in [1.807, 2.05) is 19.2 Å². The van der Waals surface area contributed by atoms with Crippen LogP contribution in [0, 0.1) is 13.8 Å². The minimum absolute atomic E-state index is 0.155. The molecular weight excluding hydrogens is 290 g/mol. The lowest BCUT2D eigenvalue weighted by atomic mass is 10.1. The second-order valence-electron chi connectivity index (χ2n) is 6.51. The highest BCUT2D eigenvalue weighted by atomic mass is 16.5. The fourth-order valence-corrected chi connectivity index (χ4v) is 2.85. The first-order valence-electron chi connectivity index (χ1n) is 8.35. The fraction of sp³-hybridized carbons (Fsp3) is 0.611. The van der Waals surface area contributed by atoms with Gasteiger partial charge in [0.15, 0.2) is 0 Å². The van der Waals surface area contributed by atoms with Crippen LogP contribution in [0.1, 0.15) is 18.1 Å². The molecule has 23 heavy (non-hydrogen) atoms. The summed E-state index contributed by atoms with van der Waals surface area (Å²) in [6, 6.07) is 6.58. The molecule has 1 aromatic rings. The highest BCUT2D eigenvalue weighted by Crippen LogP contribution is 2.16. The molecule has 5 heteroatoms. The Kier molecular flexibility index (Phi) is 6.42. The predicted octanol–water partition coefficient (Wildman–Crippen LogP) is 1.43. The summed E-state index contributed by atoms with van der Waals surface area (Å²) in [4.78, 5) is 16.3. The van der Waals surface area contributed by atoms with E-state index >= 15 is 0 Å². The lowest BCUT2D eigenvalue weighted by molar-refractivity contribution is -0.132. The second-order valence-corrected chi connectivity index (χ2v) is 6.51. The summed E-state index contributed by atoms with van der Waals surface area (Å²) in [5, 5.41) is 3.34. The van der Waals surface area contributed by atoms with E-state index in [9.17, 15) is 4.79 Å². The Labute approximate surface area is 139 Å². The molecule has 0 bridgehead atoms. The van der Waals surface area contributed by atoms with Gasteiger partial charge < -0.3 is 15.0 Å². The zero-order valence-electron chi connectivity index (χ0n) is 14.8. The van der Waals surface area contributed by atoms with Gasteiger partial charge in [0.2, 0.25) is 5.91 Å². The van der Waals surface area contributed by atoms with E-state index < -0.39 is 0 Å². The molecule has 1 N–H and O–H groups in total. The number of amides is 1. The first-order chi connectivity index (χ1) is 11.0. The van der Waals surface area contributed by atoms with Gasteiger partial charge in [-0.15, -0.1) is 0 Å². The maximum Gasteiger partial charge on any atom is 0.236 e. The lowest BCUT2D eigenvalue weighted by Crippen LogP contribution is -2.53. The average molecular weight is 319 g/mol. The molecule has 0 spiro atoms. The highest BCUT2D eigenvalue weighted by molar-refractivity contribution is 5.78. The van der Waals surface area contributed by atoms with Crippen molar-refractivity contribution in [2.45, 2.75) is 26.8 Å². The van der Waals surface area contributed by atoms with E-state index in [0.717, 1.165) is 25.4 Å². The van der Waals surface area contributed by atoms with Crippen LogP contribution < -0.4 is 10.1 Å². The van der Waals surface area contributed by atoms with E-state index in [1.165, 1.54) is 11.1 Å². The van der Waals surface area contributed by atoms with Gasteiger partial charge in [0.1, 0.15) is 12.4 Å². The Hall–Kier alpha value is -1.59. The van der Waals surface area contributed by atoms with Crippen molar-refractivity contribution in [3.05, 3.63) is 29.3 Å². The lowest BCUT2D eigenvalue weighted by Gasteiger charge is -2.34. The monoisotopic (exact) mass is 319 g/mol. The molecule has 1 saturated heterocycles. The number of nitrogens with zero attached hydrogens (tertiary/aromatic N) is 2. The van der Waals surface area contributed by atoms with Crippen molar-refractivity contribution < 1.29 is 9.53 Å². The Morgan fingerprint density at radius 3 is 2.70 bits per heavy atom. The summed E-state index contributed by atoms with van der Waals surface area (Å²) in [6.45, 7) is 10.7. The molecular formula is C18H29N3O2. The first-order valence-corrected chi connectivity index (χ1v) is 8.35. The number of hydrogen-bond acceptors (Lipinski definition) is 4. The summed E-state index contributed by atoms with van der Waals surface area (Å²) >= 11 is 0. The highest BCUT2D eigenvalue weighted by Gasteiger charge is 2.21. The van der Waals surface area contributed by atoms with Crippen molar-refractivity contribution in [1.29, 1.82) is 0 Å². The van der Waals surface area contributed by atoms with Gasteiger partial charge in [-0.3, -0.25) is 9.69 Å². The molecule has 0 aromatic heterocycles. The zero-order valence-corrected chi connectivity index (χ0v) is 14.8. The molecule has 1 fully saturated rings. The van der Waals surface area contributed by atoms with Crippen LogP contribution in [-0.2, 0) is 4.79 Å². The Bertz CT molecular complexity index is 513. The van der Waals surface area contributed by atoms with Crippen LogP contribution in [0.15, 0.2) is 18.2 Å². The number of carbonyl (C=O) groups is 1. The standard InChI is InChI=1S/C18H29N3O2/c1-14-9-15(2)11-17(10-14)23-8-7-20(4)18(22)13-21-6-5-19-12-16(21)3/h9-11,16,19H,5-8,12-13H2,1-4H3/t16-/m0/s1. The number of nitrogens with one attached hydrogen (secondary N) is 1. The zero-order chi connectivity index (χ0) is 16.8. The maximum absolute atomic E-state index is 12.3. The van der Waals surface area contributed by atoms with Crippen LogP contribution in [0.5, 0.6) is 5.75 Å². The van der Waals surface area contributed by atoms with Gasteiger partial charge in [-0.1, -0.05) is 6.07 Å². The molecule has 0 saturated carbocycles. The van der Waals surface area contributed by atoms with Crippen molar-refractivity contribution in [3.8, 4) is 5.75 Å². The summed E-state index contributed by atoms with van der Waals surface area (Å²) in [5.41, 5.74) is 2.38. The van der Waals surface area contributed by atoms with E-state index in [-0.39, 0.29) is 5.91 Å². The van der Waals surface area contributed by atoms with Gasteiger partial charge in [-0.25, -0.2) is 0 Å². The van der Waals surface area contributed by atoms with E-state index in [2.05, 4.69) is 37.1 Å². The number of ether oxygens (including phenoxy) is 1. The number of hydrogen-bond donors (Lipinski definition) is 1. The Morgan fingerprint density at radius 2 is 2.04 bits per heavy atom. The van der Waals surface area contributed by atoms with Gasteiger partial charge in [0, 0.05) is 32.7 Å². The predicted molar refractivity (Wildman–Crippen MR) is 93.0 cm³/mol. The molecule has 1 heterocycles. The molecule has 0 radical (unpaired) electrons. The third-order valence-electron chi connectivity index (χ3n) is 4.29. The maximum atomic E-state index is 12.3. The van der Waals surface area contributed by atoms with Crippen LogP contribution in [-0.4, -0.2) is 68.1 Å². The van der Waals surface area contributed by atoms with Gasteiger partial charge in [0.25, 0.3) is 0 Å². The first kappa shape index (κ1) is 17.8. The van der Waals surface area contributed by atoms with Crippen molar-refractivity contribution in [3.63, 3.8) is 0 Å². The van der Waals surface area contributed by atoms with Crippen LogP contribution in [0.3, 0.4) is 0 Å². The SMILES string of the molecule is Cc1cc(C)cc(OCCN(C)C(=O)CN2CCNC[C@@H]2C)c1. The third-order valence-corrected chi connectivity index (χ3v) is 4.29. The largest absolute Gasteiger partial charge is 0.492 e. The topological polar surface area (TPSA) is 44.8 Å². The quantitative estimate of drug-likeness (QED) is 0.862. The molecule has 1 atom stereocenters. The van der Waals surface area contributed by atoms with Gasteiger partial charge >= 0.3 is 0 Å². The molecule has 0 aliphatic carbocycles.